The molecule has 0 radical (unpaired) electrons. The van der Waals surface area contributed by atoms with Gasteiger partial charge in [-0.2, -0.15) is 0 Å². The Morgan fingerprint density at radius 2 is 1.96 bits per heavy atom. The molecule has 2 fully saturated rings. The number of thiazole rings is 1. The Labute approximate surface area is 168 Å². The van der Waals surface area contributed by atoms with Crippen molar-refractivity contribution in [2.75, 3.05) is 25.6 Å². The topological polar surface area (TPSA) is 89.9 Å². The molecule has 1 saturated carbocycles. The van der Waals surface area contributed by atoms with Crippen LogP contribution < -0.4 is 10.1 Å². The molecule has 0 spiro atoms. The molecule has 4 rings (SSSR count). The Balaban J connectivity index is 1.52. The molecule has 2 aromatic rings. The van der Waals surface area contributed by atoms with E-state index in [4.69, 9.17) is 14.2 Å². The zero-order valence-electron chi connectivity index (χ0n) is 16.0. The molecule has 152 valence electrons. The molecule has 1 aliphatic carbocycles. The molecule has 2 heterocycles. The summed E-state index contributed by atoms with van der Waals surface area (Å²) in [4.78, 5) is 16.9. The third kappa shape index (κ3) is 4.24. The third-order valence-electron chi connectivity index (χ3n) is 5.54. The van der Waals surface area contributed by atoms with Gasteiger partial charge in [-0.15, -0.1) is 0 Å². The molecule has 1 aromatic carbocycles. The zero-order chi connectivity index (χ0) is 19.5. The van der Waals surface area contributed by atoms with Gasteiger partial charge >= 0.3 is 6.09 Å². The second-order valence-electron chi connectivity index (χ2n) is 7.40. The minimum absolute atomic E-state index is 0.148. The van der Waals surface area contributed by atoms with Crippen LogP contribution in [0.5, 0.6) is 5.75 Å². The first-order chi connectivity index (χ1) is 13.6. The number of carbonyl (C=O) groups is 1. The highest BCUT2D eigenvalue weighted by Gasteiger charge is 2.25. The van der Waals surface area contributed by atoms with Crippen LogP contribution in [0.1, 0.15) is 50.0 Å². The fourth-order valence-corrected chi connectivity index (χ4v) is 5.04. The molecule has 1 amide bonds. The number of fused-ring (bicyclic) bond motifs is 1. The average molecular weight is 407 g/mol. The van der Waals surface area contributed by atoms with Gasteiger partial charge in [0.2, 0.25) is 0 Å². The lowest BCUT2D eigenvalue weighted by atomic mass is 9.91. The molecule has 8 heteroatoms. The first kappa shape index (κ1) is 19.4. The van der Waals surface area contributed by atoms with Crippen molar-refractivity contribution in [3.63, 3.8) is 0 Å². The Morgan fingerprint density at radius 3 is 2.68 bits per heavy atom. The van der Waals surface area contributed by atoms with E-state index in [2.05, 4.69) is 16.4 Å². The Kier molecular flexibility index (Phi) is 5.99. The van der Waals surface area contributed by atoms with Crippen LogP contribution in [0.2, 0.25) is 0 Å². The summed E-state index contributed by atoms with van der Waals surface area (Å²) < 4.78 is 17.5. The summed E-state index contributed by atoms with van der Waals surface area (Å²) in [5.41, 5.74) is 2.01. The van der Waals surface area contributed by atoms with E-state index in [-0.39, 0.29) is 12.2 Å². The van der Waals surface area contributed by atoms with E-state index >= 15 is 0 Å². The third-order valence-corrected chi connectivity index (χ3v) is 6.56. The maximum absolute atomic E-state index is 12.3. The van der Waals surface area contributed by atoms with Crippen molar-refractivity contribution in [1.29, 1.82) is 0 Å². The largest absolute Gasteiger partial charge is 0.494 e. The fourth-order valence-electron chi connectivity index (χ4n) is 3.98. The van der Waals surface area contributed by atoms with Crippen LogP contribution in [-0.4, -0.2) is 48.7 Å². The van der Waals surface area contributed by atoms with E-state index in [1.807, 2.05) is 6.07 Å². The number of aliphatic hydroxyl groups excluding tert-OH is 1. The molecule has 1 aromatic heterocycles. The van der Waals surface area contributed by atoms with Gasteiger partial charge in [-0.3, -0.25) is 5.32 Å². The van der Waals surface area contributed by atoms with Crippen molar-refractivity contribution in [1.82, 2.24) is 4.98 Å². The highest BCUT2D eigenvalue weighted by atomic mass is 32.1. The van der Waals surface area contributed by atoms with Crippen LogP contribution >= 0.6 is 11.3 Å². The monoisotopic (exact) mass is 406 g/mol. The summed E-state index contributed by atoms with van der Waals surface area (Å²) in [5.74, 6) is 1.13. The Bertz CT molecular complexity index is 825. The van der Waals surface area contributed by atoms with Crippen molar-refractivity contribution < 1.29 is 24.1 Å². The molecule has 0 bridgehead atoms. The highest BCUT2D eigenvalue weighted by Crippen LogP contribution is 2.40. The highest BCUT2D eigenvalue weighted by molar-refractivity contribution is 7.22. The SMILES string of the molecule is COc1ccc(C2CCOCC2)c2sc(NC(=O)O[C@H]3CC[C@H](O)CC3)nc12. The lowest BCUT2D eigenvalue weighted by Gasteiger charge is -2.24. The summed E-state index contributed by atoms with van der Waals surface area (Å²) in [5, 5.41) is 12.9. The molecule has 2 N–H and O–H groups in total. The molecule has 2 aliphatic rings. The molecule has 1 saturated heterocycles. The van der Waals surface area contributed by atoms with Crippen LogP contribution in [-0.2, 0) is 9.47 Å². The predicted molar refractivity (Wildman–Crippen MR) is 107 cm³/mol. The maximum Gasteiger partial charge on any atom is 0.413 e. The number of nitrogens with zero attached hydrogens (tertiary/aromatic N) is 1. The number of aromatic nitrogens is 1. The predicted octanol–water partition coefficient (Wildman–Crippen LogP) is 4.05. The number of rotatable bonds is 4. The van der Waals surface area contributed by atoms with Gasteiger partial charge in [0.1, 0.15) is 17.4 Å². The van der Waals surface area contributed by atoms with Crippen LogP contribution in [0.15, 0.2) is 12.1 Å². The lowest BCUT2D eigenvalue weighted by molar-refractivity contribution is 0.0401. The Hall–Kier alpha value is -1.90. The zero-order valence-corrected chi connectivity index (χ0v) is 16.8. The summed E-state index contributed by atoms with van der Waals surface area (Å²) in [7, 11) is 1.63. The first-order valence-electron chi connectivity index (χ1n) is 9.85. The van der Waals surface area contributed by atoms with Crippen molar-refractivity contribution in [3.05, 3.63) is 17.7 Å². The van der Waals surface area contributed by atoms with Gasteiger partial charge in [-0.05, 0) is 56.1 Å². The quantitative estimate of drug-likeness (QED) is 0.796. The van der Waals surface area contributed by atoms with E-state index in [1.165, 1.54) is 16.9 Å². The molecule has 0 atom stereocenters. The minimum Gasteiger partial charge on any atom is -0.494 e. The van der Waals surface area contributed by atoms with Gasteiger partial charge < -0.3 is 19.3 Å². The van der Waals surface area contributed by atoms with Crippen LogP contribution in [0.25, 0.3) is 10.2 Å². The standard InChI is InChI=1S/C20H26N2O5S/c1-25-16-7-6-15(12-8-10-26-11-9-12)18-17(16)21-19(28-18)22-20(24)27-14-4-2-13(23)3-5-14/h6-7,12-14,23H,2-5,8-11H2,1H3,(H,21,22,24)/t13-,14-. The first-order valence-corrected chi connectivity index (χ1v) is 10.7. The van der Waals surface area contributed by atoms with Crippen LogP contribution in [0.3, 0.4) is 0 Å². The number of anilines is 1. The van der Waals surface area contributed by atoms with Gasteiger partial charge in [-0.1, -0.05) is 17.4 Å². The number of carbonyl (C=O) groups excluding carboxylic acids is 1. The van der Waals surface area contributed by atoms with Crippen molar-refractivity contribution in [2.24, 2.45) is 0 Å². The number of hydrogen-bond acceptors (Lipinski definition) is 7. The van der Waals surface area contributed by atoms with E-state index in [0.717, 1.165) is 36.3 Å². The van der Waals surface area contributed by atoms with Crippen molar-refractivity contribution >= 4 is 32.8 Å². The Morgan fingerprint density at radius 1 is 1.21 bits per heavy atom. The average Bonchev–Trinajstić information content (AvgIpc) is 3.13. The number of nitrogens with one attached hydrogen (secondary N) is 1. The lowest BCUT2D eigenvalue weighted by Crippen LogP contribution is -2.28. The normalized spacial score (nSPS) is 23.5. The minimum atomic E-state index is -0.493. The van der Waals surface area contributed by atoms with Gasteiger partial charge in [0, 0.05) is 13.2 Å². The fraction of sp³-hybridized carbons (Fsp3) is 0.600. The molecular formula is C20H26N2O5S. The molecule has 7 nitrogen and oxygen atoms in total. The van der Waals surface area contributed by atoms with E-state index < -0.39 is 6.09 Å². The van der Waals surface area contributed by atoms with Gasteiger partial charge in [0.15, 0.2) is 5.13 Å². The second kappa shape index (κ2) is 8.63. The van der Waals surface area contributed by atoms with Gasteiger partial charge in [0.05, 0.1) is 17.9 Å². The van der Waals surface area contributed by atoms with E-state index in [9.17, 15) is 9.90 Å². The summed E-state index contributed by atoms with van der Waals surface area (Å²) in [6, 6.07) is 4.05. The smallest absolute Gasteiger partial charge is 0.413 e. The van der Waals surface area contributed by atoms with Gasteiger partial charge in [0.25, 0.3) is 0 Å². The number of amides is 1. The summed E-state index contributed by atoms with van der Waals surface area (Å²) >= 11 is 1.45. The molecule has 0 unspecified atom stereocenters. The van der Waals surface area contributed by atoms with Crippen molar-refractivity contribution in [3.8, 4) is 5.75 Å². The van der Waals surface area contributed by atoms with Gasteiger partial charge in [-0.25, -0.2) is 9.78 Å². The number of methoxy groups -OCH3 is 1. The van der Waals surface area contributed by atoms with Crippen molar-refractivity contribution in [2.45, 2.75) is 56.7 Å². The van der Waals surface area contributed by atoms with Crippen LogP contribution in [0, 0.1) is 0 Å². The summed E-state index contributed by atoms with van der Waals surface area (Å²) in [6.45, 7) is 1.54. The number of ether oxygens (including phenoxy) is 3. The number of benzene rings is 1. The maximum atomic E-state index is 12.3. The summed E-state index contributed by atoms with van der Waals surface area (Å²) in [6.07, 6.45) is 3.78. The molecular weight excluding hydrogens is 380 g/mol. The van der Waals surface area contributed by atoms with E-state index in [0.29, 0.717) is 42.5 Å². The number of hydrogen-bond donors (Lipinski definition) is 2. The molecule has 28 heavy (non-hydrogen) atoms. The van der Waals surface area contributed by atoms with Crippen LogP contribution in [0.4, 0.5) is 9.93 Å². The molecule has 1 aliphatic heterocycles. The van der Waals surface area contributed by atoms with E-state index in [1.54, 1.807) is 7.11 Å². The number of aliphatic hydroxyl groups is 1. The second-order valence-corrected chi connectivity index (χ2v) is 8.40.